The number of thiophene rings is 1. The predicted molar refractivity (Wildman–Crippen MR) is 237 cm³/mol. The fourth-order valence-corrected chi connectivity index (χ4v) is 9.74. The van der Waals surface area contributed by atoms with Crippen LogP contribution in [0.1, 0.15) is 34.9 Å². The third kappa shape index (κ3) is 5.99. The molecular weight excluding hydrogens is 701 g/mol. The van der Waals surface area contributed by atoms with Crippen LogP contribution in [0.5, 0.6) is 0 Å². The van der Waals surface area contributed by atoms with Crippen molar-refractivity contribution >= 4 is 53.3 Å². The molecule has 0 radical (unpaired) electrons. The molecular formula is C51H40N4S. The molecule has 2 aromatic heterocycles. The molecule has 0 saturated carbocycles. The molecule has 0 aliphatic carbocycles. The Hall–Kier alpha value is -6.34. The largest absolute Gasteiger partial charge is 0.322 e. The summed E-state index contributed by atoms with van der Waals surface area (Å²) in [6.45, 7) is 0. The fraction of sp³-hybridized carbons (Fsp3) is 0.0588. The molecule has 8 aromatic carbocycles. The highest BCUT2D eigenvalue weighted by Gasteiger charge is 2.24. The molecule has 4 nitrogen and oxygen atoms in total. The van der Waals surface area contributed by atoms with Crippen molar-refractivity contribution in [2.45, 2.75) is 18.2 Å². The van der Waals surface area contributed by atoms with E-state index in [-0.39, 0.29) is 18.2 Å². The first kappa shape index (κ1) is 34.2. The Morgan fingerprint density at radius 1 is 0.429 bits per heavy atom. The van der Waals surface area contributed by atoms with Crippen LogP contribution in [0.15, 0.2) is 194 Å². The smallest absolute Gasteiger partial charge is 0.0815 e. The van der Waals surface area contributed by atoms with Gasteiger partial charge in [-0.3, -0.25) is 5.32 Å². The van der Waals surface area contributed by atoms with Crippen molar-refractivity contribution < 1.29 is 0 Å². The van der Waals surface area contributed by atoms with Crippen LogP contribution in [-0.2, 0) is 0 Å². The Morgan fingerprint density at radius 3 is 1.66 bits per heavy atom. The van der Waals surface area contributed by atoms with Gasteiger partial charge in [-0.25, -0.2) is 0 Å². The molecule has 0 saturated heterocycles. The molecule has 5 heteroatoms. The summed E-state index contributed by atoms with van der Waals surface area (Å²) in [6.07, 6.45) is -0.369. The summed E-state index contributed by atoms with van der Waals surface area (Å²) in [5.74, 6) is 0. The van der Waals surface area contributed by atoms with E-state index in [4.69, 9.17) is 11.5 Å². The SMILES string of the molecule is NC(NC(c1ccccc1)[C@@H](N)c1ccc(-n2c3ccccc3c3cc(-c4cccc5c4sc4c(-c6ccccc6)cccc45)ccc32)cc1)c1ccccc1. The van der Waals surface area contributed by atoms with Crippen LogP contribution in [0.3, 0.4) is 0 Å². The normalized spacial score (nSPS) is 13.4. The molecule has 0 amide bonds. The van der Waals surface area contributed by atoms with Crippen molar-refractivity contribution in [2.24, 2.45) is 11.5 Å². The Morgan fingerprint density at radius 2 is 0.982 bits per heavy atom. The van der Waals surface area contributed by atoms with E-state index in [1.807, 2.05) is 59.9 Å². The third-order valence-corrected chi connectivity index (χ3v) is 12.5. The monoisotopic (exact) mass is 740 g/mol. The molecule has 56 heavy (non-hydrogen) atoms. The summed E-state index contributed by atoms with van der Waals surface area (Å²) >= 11 is 1.89. The van der Waals surface area contributed by atoms with Crippen molar-refractivity contribution in [3.05, 3.63) is 211 Å². The average Bonchev–Trinajstić information content (AvgIpc) is 3.82. The molecule has 0 fully saturated rings. The van der Waals surface area contributed by atoms with Gasteiger partial charge in [-0.2, -0.15) is 0 Å². The number of para-hydroxylation sites is 1. The second-order valence-corrected chi connectivity index (χ2v) is 15.5. The standard InChI is InChI=1S/C51H40N4S/c52-47(48(35-16-6-2-7-17-35)54-51(53)36-18-8-3-9-19-36)34-26-29-38(30-27-34)55-45-25-11-10-20-41(45)44-32-37(28-31-46(44)55)40-22-13-24-43-42-23-12-21-39(49(42)56-50(40)43)33-14-4-1-5-15-33/h1-32,47-48,51,54H,52-53H2/t47-,48?,51?/m0/s1. The molecule has 0 spiro atoms. The molecule has 5 N–H and O–H groups in total. The minimum atomic E-state index is -0.369. The van der Waals surface area contributed by atoms with E-state index in [9.17, 15) is 0 Å². The zero-order valence-electron chi connectivity index (χ0n) is 30.7. The second-order valence-electron chi connectivity index (χ2n) is 14.5. The Kier molecular flexibility index (Phi) is 8.78. The van der Waals surface area contributed by atoms with Crippen molar-refractivity contribution in [2.75, 3.05) is 0 Å². The Balaban J connectivity index is 1.03. The average molecular weight is 741 g/mol. The maximum absolute atomic E-state index is 7.10. The number of nitrogens with one attached hydrogen (secondary N) is 1. The van der Waals surface area contributed by atoms with Gasteiger partial charge in [-0.1, -0.05) is 164 Å². The van der Waals surface area contributed by atoms with E-state index in [0.29, 0.717) is 0 Å². The van der Waals surface area contributed by atoms with Crippen molar-refractivity contribution in [1.82, 2.24) is 9.88 Å². The number of nitrogens with zero attached hydrogens (tertiary/aromatic N) is 1. The van der Waals surface area contributed by atoms with Gasteiger partial charge in [0.15, 0.2) is 0 Å². The second kappa shape index (κ2) is 14.4. The van der Waals surface area contributed by atoms with Gasteiger partial charge >= 0.3 is 0 Å². The molecule has 0 bridgehead atoms. The number of benzene rings is 8. The molecule has 270 valence electrons. The lowest BCUT2D eigenvalue weighted by Crippen LogP contribution is -2.38. The number of fused-ring (bicyclic) bond motifs is 6. The van der Waals surface area contributed by atoms with Crippen LogP contribution in [0.25, 0.3) is 69.9 Å². The number of rotatable bonds is 9. The zero-order valence-corrected chi connectivity index (χ0v) is 31.5. The summed E-state index contributed by atoms with van der Waals surface area (Å²) in [5.41, 5.74) is 25.4. The lowest BCUT2D eigenvalue weighted by atomic mass is 9.93. The van der Waals surface area contributed by atoms with Gasteiger partial charge in [-0.15, -0.1) is 11.3 Å². The molecule has 0 aliphatic rings. The van der Waals surface area contributed by atoms with E-state index in [0.717, 1.165) is 22.4 Å². The summed E-state index contributed by atoms with van der Waals surface area (Å²) in [5, 5.41) is 8.69. The Labute approximate surface area is 330 Å². The summed E-state index contributed by atoms with van der Waals surface area (Å²) in [7, 11) is 0. The first-order chi connectivity index (χ1) is 27.6. The number of hydrogen-bond acceptors (Lipinski definition) is 4. The van der Waals surface area contributed by atoms with Crippen molar-refractivity contribution in [3.63, 3.8) is 0 Å². The molecule has 0 aliphatic heterocycles. The highest BCUT2D eigenvalue weighted by atomic mass is 32.1. The Bertz CT molecular complexity index is 2970. The van der Waals surface area contributed by atoms with Crippen LogP contribution in [0.4, 0.5) is 0 Å². The third-order valence-electron chi connectivity index (χ3n) is 11.2. The molecule has 10 aromatic rings. The molecule has 10 rings (SSSR count). The van der Waals surface area contributed by atoms with E-state index in [1.165, 1.54) is 64.2 Å². The predicted octanol–water partition coefficient (Wildman–Crippen LogP) is 12.5. The van der Waals surface area contributed by atoms with Crippen LogP contribution in [-0.4, -0.2) is 4.57 Å². The van der Waals surface area contributed by atoms with E-state index < -0.39 is 0 Å². The first-order valence-corrected chi connectivity index (χ1v) is 19.9. The van der Waals surface area contributed by atoms with Crippen LogP contribution >= 0.6 is 11.3 Å². The fourth-order valence-electron chi connectivity index (χ4n) is 8.37. The first-order valence-electron chi connectivity index (χ1n) is 19.1. The maximum Gasteiger partial charge on any atom is 0.0815 e. The van der Waals surface area contributed by atoms with Crippen LogP contribution < -0.4 is 16.8 Å². The van der Waals surface area contributed by atoms with Gasteiger partial charge in [-0.05, 0) is 69.3 Å². The molecule has 2 heterocycles. The van der Waals surface area contributed by atoms with Gasteiger partial charge < -0.3 is 16.0 Å². The number of aromatic nitrogens is 1. The van der Waals surface area contributed by atoms with Crippen molar-refractivity contribution in [3.8, 4) is 27.9 Å². The number of hydrogen-bond donors (Lipinski definition) is 3. The van der Waals surface area contributed by atoms with Gasteiger partial charge in [0.1, 0.15) is 0 Å². The lowest BCUT2D eigenvalue weighted by Gasteiger charge is -2.29. The van der Waals surface area contributed by atoms with Crippen LogP contribution in [0.2, 0.25) is 0 Å². The topological polar surface area (TPSA) is 69.0 Å². The summed E-state index contributed by atoms with van der Waals surface area (Å²) < 4.78 is 5.01. The quantitative estimate of drug-likeness (QED) is 0.129. The highest BCUT2D eigenvalue weighted by Crippen LogP contribution is 2.45. The minimum absolute atomic E-state index is 0.195. The summed E-state index contributed by atoms with van der Waals surface area (Å²) in [4.78, 5) is 0. The maximum atomic E-state index is 7.10. The van der Waals surface area contributed by atoms with Gasteiger partial charge in [0.25, 0.3) is 0 Å². The summed E-state index contributed by atoms with van der Waals surface area (Å²) in [6, 6.07) is 68.4. The van der Waals surface area contributed by atoms with Gasteiger partial charge in [0, 0.05) is 42.7 Å². The van der Waals surface area contributed by atoms with Gasteiger partial charge in [0.05, 0.1) is 23.2 Å². The van der Waals surface area contributed by atoms with Crippen molar-refractivity contribution in [1.29, 1.82) is 0 Å². The van der Waals surface area contributed by atoms with E-state index >= 15 is 0 Å². The minimum Gasteiger partial charge on any atom is -0.322 e. The zero-order chi connectivity index (χ0) is 37.6. The number of nitrogens with two attached hydrogens (primary N) is 2. The highest BCUT2D eigenvalue weighted by molar-refractivity contribution is 7.26. The lowest BCUT2D eigenvalue weighted by molar-refractivity contribution is 0.398. The molecule has 3 atom stereocenters. The van der Waals surface area contributed by atoms with Crippen LogP contribution in [0, 0.1) is 0 Å². The van der Waals surface area contributed by atoms with E-state index in [2.05, 4.69) is 155 Å². The molecule has 2 unspecified atom stereocenters. The van der Waals surface area contributed by atoms with Gasteiger partial charge in [0.2, 0.25) is 0 Å². The van der Waals surface area contributed by atoms with E-state index in [1.54, 1.807) is 0 Å².